The Kier molecular flexibility index (Phi) is 9.17. The molecule has 2 heteroatoms. The van der Waals surface area contributed by atoms with E-state index in [1.54, 1.807) is 0 Å². The summed E-state index contributed by atoms with van der Waals surface area (Å²) in [7, 11) is 1.97. The molecule has 19 heavy (non-hydrogen) atoms. The lowest BCUT2D eigenvalue weighted by atomic mass is 10.1. The van der Waals surface area contributed by atoms with Crippen LogP contribution in [0.15, 0.2) is 24.3 Å². The molecule has 1 rings (SSSR count). The van der Waals surface area contributed by atoms with E-state index in [1.807, 2.05) is 13.1 Å². The highest BCUT2D eigenvalue weighted by molar-refractivity contribution is 5.33. The topological polar surface area (TPSA) is 21.3 Å². The van der Waals surface area contributed by atoms with E-state index in [4.69, 9.17) is 4.74 Å². The molecule has 0 spiro atoms. The lowest BCUT2D eigenvalue weighted by molar-refractivity contribution is 0.301. The number of rotatable bonds is 11. The van der Waals surface area contributed by atoms with Crippen molar-refractivity contribution in [1.29, 1.82) is 0 Å². The summed E-state index contributed by atoms with van der Waals surface area (Å²) < 4.78 is 5.88. The van der Waals surface area contributed by atoms with Crippen molar-refractivity contribution in [2.75, 3.05) is 13.7 Å². The zero-order chi connectivity index (χ0) is 13.8. The van der Waals surface area contributed by atoms with Crippen LogP contribution in [0.5, 0.6) is 5.75 Å². The molecule has 0 amide bonds. The maximum Gasteiger partial charge on any atom is 0.123 e. The fourth-order valence-electron chi connectivity index (χ4n) is 2.22. The van der Waals surface area contributed by atoms with Crippen molar-refractivity contribution in [3.05, 3.63) is 29.8 Å². The van der Waals surface area contributed by atoms with E-state index >= 15 is 0 Å². The van der Waals surface area contributed by atoms with E-state index in [0.29, 0.717) is 0 Å². The van der Waals surface area contributed by atoms with Crippen molar-refractivity contribution in [2.45, 2.75) is 58.4 Å². The number of benzene rings is 1. The first kappa shape index (κ1) is 16.0. The first-order valence-corrected chi connectivity index (χ1v) is 7.73. The average Bonchev–Trinajstić information content (AvgIpc) is 2.44. The van der Waals surface area contributed by atoms with Gasteiger partial charge in [-0.3, -0.25) is 0 Å². The van der Waals surface area contributed by atoms with Crippen LogP contribution >= 0.6 is 0 Å². The maximum atomic E-state index is 5.88. The molecule has 0 atom stereocenters. The van der Waals surface area contributed by atoms with Crippen molar-refractivity contribution in [2.24, 2.45) is 0 Å². The Morgan fingerprint density at radius 3 is 2.37 bits per heavy atom. The van der Waals surface area contributed by atoms with E-state index in [1.165, 1.54) is 50.5 Å². The third kappa shape index (κ3) is 7.22. The number of unbranched alkanes of at least 4 members (excludes halogenated alkanes) is 6. The fraction of sp³-hybridized carbons (Fsp3) is 0.647. The standard InChI is InChI=1S/C17H29NO/c1-3-4-5-6-7-8-11-14-19-17-13-10-9-12-16(17)15-18-2/h9-10,12-13,18H,3-8,11,14-15H2,1-2H3. The quantitative estimate of drug-likeness (QED) is 0.592. The predicted octanol–water partition coefficient (Wildman–Crippen LogP) is 4.54. The second-order valence-electron chi connectivity index (χ2n) is 5.11. The van der Waals surface area contributed by atoms with E-state index in [0.717, 1.165) is 18.9 Å². The van der Waals surface area contributed by atoms with Crippen LogP contribution in [-0.2, 0) is 6.54 Å². The number of ether oxygens (including phenoxy) is 1. The lowest BCUT2D eigenvalue weighted by Gasteiger charge is -2.11. The number of hydrogen-bond donors (Lipinski definition) is 1. The Balaban J connectivity index is 2.12. The van der Waals surface area contributed by atoms with Crippen LogP contribution in [-0.4, -0.2) is 13.7 Å². The summed E-state index contributed by atoms with van der Waals surface area (Å²) in [6.07, 6.45) is 9.28. The summed E-state index contributed by atoms with van der Waals surface area (Å²) in [6, 6.07) is 8.29. The summed E-state index contributed by atoms with van der Waals surface area (Å²) in [5.74, 6) is 1.03. The Labute approximate surface area is 118 Å². The van der Waals surface area contributed by atoms with Crippen LogP contribution in [0.25, 0.3) is 0 Å². The minimum atomic E-state index is 0.842. The number of para-hydroxylation sites is 1. The molecule has 1 N–H and O–H groups in total. The van der Waals surface area contributed by atoms with Gasteiger partial charge in [0.05, 0.1) is 6.61 Å². The molecule has 0 heterocycles. The molecule has 0 aliphatic heterocycles. The van der Waals surface area contributed by atoms with Gasteiger partial charge in [-0.05, 0) is 19.5 Å². The number of hydrogen-bond acceptors (Lipinski definition) is 2. The van der Waals surface area contributed by atoms with Crippen LogP contribution in [0.1, 0.15) is 57.4 Å². The molecular weight excluding hydrogens is 234 g/mol. The van der Waals surface area contributed by atoms with Crippen molar-refractivity contribution < 1.29 is 4.74 Å². The minimum absolute atomic E-state index is 0.842. The van der Waals surface area contributed by atoms with Gasteiger partial charge in [-0.25, -0.2) is 0 Å². The summed E-state index contributed by atoms with van der Waals surface area (Å²) >= 11 is 0. The molecule has 0 aliphatic carbocycles. The Morgan fingerprint density at radius 1 is 0.947 bits per heavy atom. The molecule has 0 unspecified atom stereocenters. The molecular formula is C17H29NO. The van der Waals surface area contributed by atoms with Crippen LogP contribution < -0.4 is 10.1 Å². The zero-order valence-electron chi connectivity index (χ0n) is 12.6. The van der Waals surface area contributed by atoms with Crippen LogP contribution in [0.2, 0.25) is 0 Å². The smallest absolute Gasteiger partial charge is 0.123 e. The molecule has 0 saturated carbocycles. The van der Waals surface area contributed by atoms with Crippen LogP contribution in [0.3, 0.4) is 0 Å². The zero-order valence-corrected chi connectivity index (χ0v) is 12.6. The summed E-state index contributed by atoms with van der Waals surface area (Å²) in [4.78, 5) is 0. The largest absolute Gasteiger partial charge is 0.493 e. The monoisotopic (exact) mass is 263 g/mol. The summed E-state index contributed by atoms with van der Waals surface area (Å²) in [5.41, 5.74) is 1.24. The molecule has 0 bridgehead atoms. The first-order valence-electron chi connectivity index (χ1n) is 7.73. The van der Waals surface area contributed by atoms with Gasteiger partial charge in [0.1, 0.15) is 5.75 Å². The molecule has 0 radical (unpaired) electrons. The van der Waals surface area contributed by atoms with Gasteiger partial charge in [-0.2, -0.15) is 0 Å². The highest BCUT2D eigenvalue weighted by atomic mass is 16.5. The van der Waals surface area contributed by atoms with Gasteiger partial charge in [-0.15, -0.1) is 0 Å². The van der Waals surface area contributed by atoms with Crippen LogP contribution in [0.4, 0.5) is 0 Å². The van der Waals surface area contributed by atoms with Gasteiger partial charge in [0, 0.05) is 12.1 Å². The lowest BCUT2D eigenvalue weighted by Crippen LogP contribution is -2.08. The maximum absolute atomic E-state index is 5.88. The van der Waals surface area contributed by atoms with Crippen molar-refractivity contribution in [3.8, 4) is 5.75 Å². The third-order valence-corrected chi connectivity index (χ3v) is 3.35. The van der Waals surface area contributed by atoms with Gasteiger partial charge < -0.3 is 10.1 Å². The van der Waals surface area contributed by atoms with E-state index in [-0.39, 0.29) is 0 Å². The van der Waals surface area contributed by atoms with E-state index < -0.39 is 0 Å². The van der Waals surface area contributed by atoms with Crippen LogP contribution in [0, 0.1) is 0 Å². The SMILES string of the molecule is CCCCCCCCCOc1ccccc1CNC. The molecule has 108 valence electrons. The predicted molar refractivity (Wildman–Crippen MR) is 82.7 cm³/mol. The van der Waals surface area contributed by atoms with Gasteiger partial charge in [0.15, 0.2) is 0 Å². The van der Waals surface area contributed by atoms with Crippen molar-refractivity contribution >= 4 is 0 Å². The van der Waals surface area contributed by atoms with Gasteiger partial charge in [0.25, 0.3) is 0 Å². The molecule has 1 aromatic carbocycles. The fourth-order valence-corrected chi connectivity index (χ4v) is 2.22. The molecule has 0 fully saturated rings. The Bertz CT molecular complexity index is 325. The summed E-state index contributed by atoms with van der Waals surface area (Å²) in [5, 5.41) is 3.17. The Morgan fingerprint density at radius 2 is 1.63 bits per heavy atom. The normalized spacial score (nSPS) is 10.6. The second kappa shape index (κ2) is 10.9. The molecule has 0 aromatic heterocycles. The second-order valence-corrected chi connectivity index (χ2v) is 5.11. The number of nitrogens with one attached hydrogen (secondary N) is 1. The van der Waals surface area contributed by atoms with Crippen molar-refractivity contribution in [3.63, 3.8) is 0 Å². The molecule has 0 saturated heterocycles. The highest BCUT2D eigenvalue weighted by Gasteiger charge is 2.01. The van der Waals surface area contributed by atoms with Gasteiger partial charge >= 0.3 is 0 Å². The molecule has 2 nitrogen and oxygen atoms in total. The van der Waals surface area contributed by atoms with E-state index in [9.17, 15) is 0 Å². The van der Waals surface area contributed by atoms with Crippen molar-refractivity contribution in [1.82, 2.24) is 5.32 Å². The molecule has 1 aromatic rings. The average molecular weight is 263 g/mol. The Hall–Kier alpha value is -1.02. The summed E-state index contributed by atoms with van der Waals surface area (Å²) in [6.45, 7) is 3.97. The third-order valence-electron chi connectivity index (χ3n) is 3.35. The van der Waals surface area contributed by atoms with Gasteiger partial charge in [-0.1, -0.05) is 63.6 Å². The highest BCUT2D eigenvalue weighted by Crippen LogP contribution is 2.18. The van der Waals surface area contributed by atoms with Gasteiger partial charge in [0.2, 0.25) is 0 Å². The minimum Gasteiger partial charge on any atom is -0.493 e. The first-order chi connectivity index (χ1) is 9.38. The molecule has 0 aliphatic rings. The van der Waals surface area contributed by atoms with E-state index in [2.05, 4.69) is 30.4 Å².